The van der Waals surface area contributed by atoms with E-state index in [2.05, 4.69) is 9.97 Å². The van der Waals surface area contributed by atoms with E-state index < -0.39 is 17.7 Å². The normalized spacial score (nSPS) is 17.9. The summed E-state index contributed by atoms with van der Waals surface area (Å²) in [5.74, 6) is -1.15. The number of ketones is 1. The minimum absolute atomic E-state index is 0.0235. The summed E-state index contributed by atoms with van der Waals surface area (Å²) in [6.45, 7) is 0.132. The summed E-state index contributed by atoms with van der Waals surface area (Å²) in [5, 5.41) is 11.0. The van der Waals surface area contributed by atoms with Crippen molar-refractivity contribution in [2.24, 2.45) is 0 Å². The third kappa shape index (κ3) is 3.53. The van der Waals surface area contributed by atoms with Crippen molar-refractivity contribution in [2.45, 2.75) is 12.6 Å². The van der Waals surface area contributed by atoms with Gasteiger partial charge in [-0.2, -0.15) is 0 Å². The van der Waals surface area contributed by atoms with E-state index in [1.165, 1.54) is 12.0 Å². The second-order valence-corrected chi connectivity index (χ2v) is 6.76. The number of ether oxygens (including phenoxy) is 1. The van der Waals surface area contributed by atoms with Gasteiger partial charge >= 0.3 is 0 Å². The number of pyridine rings is 2. The average Bonchev–Trinajstić information content (AvgIpc) is 3.05. The lowest BCUT2D eigenvalue weighted by molar-refractivity contribution is -0.140. The molecule has 0 aliphatic carbocycles. The van der Waals surface area contributed by atoms with Crippen LogP contribution in [-0.4, -0.2) is 38.8 Å². The summed E-state index contributed by atoms with van der Waals surface area (Å²) >= 11 is 0. The molecule has 0 spiro atoms. The number of carbonyl (C=O) groups excluding carboxylic acids is 2. The number of aliphatic hydroxyl groups is 1. The molecule has 1 N–H and O–H groups in total. The number of Topliss-reactive ketones (excluding diaryl/α,β-unsaturated/α-hetero) is 1. The first-order valence-electron chi connectivity index (χ1n) is 9.33. The van der Waals surface area contributed by atoms with E-state index in [4.69, 9.17) is 4.74 Å². The van der Waals surface area contributed by atoms with Crippen molar-refractivity contribution in [3.05, 3.63) is 95.6 Å². The molecular formula is C23H19N3O4. The zero-order valence-electron chi connectivity index (χ0n) is 16.2. The lowest BCUT2D eigenvalue weighted by atomic mass is 9.96. The van der Waals surface area contributed by atoms with Crippen LogP contribution in [0.5, 0.6) is 5.75 Å². The van der Waals surface area contributed by atoms with Crippen LogP contribution in [0.3, 0.4) is 0 Å². The Labute approximate surface area is 173 Å². The van der Waals surface area contributed by atoms with Gasteiger partial charge in [0.1, 0.15) is 11.5 Å². The maximum atomic E-state index is 13.0. The number of aliphatic hydroxyl groups excluding tert-OH is 1. The first-order chi connectivity index (χ1) is 14.6. The average molecular weight is 401 g/mol. The van der Waals surface area contributed by atoms with Crippen LogP contribution in [0, 0.1) is 0 Å². The minimum Gasteiger partial charge on any atom is -0.507 e. The summed E-state index contributed by atoms with van der Waals surface area (Å²) in [6.07, 6.45) is 4.80. The van der Waals surface area contributed by atoms with Crippen LogP contribution in [0.1, 0.15) is 22.9 Å². The molecular weight excluding hydrogens is 382 g/mol. The largest absolute Gasteiger partial charge is 0.507 e. The van der Waals surface area contributed by atoms with Crippen molar-refractivity contribution in [2.75, 3.05) is 7.11 Å². The smallest absolute Gasteiger partial charge is 0.296 e. The predicted octanol–water partition coefficient (Wildman–Crippen LogP) is 3.11. The highest BCUT2D eigenvalue weighted by Gasteiger charge is 2.46. The Morgan fingerprint density at radius 3 is 2.57 bits per heavy atom. The van der Waals surface area contributed by atoms with E-state index in [0.717, 1.165) is 0 Å². The summed E-state index contributed by atoms with van der Waals surface area (Å²) in [6, 6.07) is 14.8. The Morgan fingerprint density at radius 1 is 1.07 bits per heavy atom. The van der Waals surface area contributed by atoms with Gasteiger partial charge in [0, 0.05) is 24.2 Å². The first kappa shape index (κ1) is 19.3. The summed E-state index contributed by atoms with van der Waals surface area (Å²) in [5.41, 5.74) is 1.73. The molecule has 3 aromatic rings. The Balaban J connectivity index is 1.85. The molecule has 1 atom stereocenters. The molecule has 7 heteroatoms. The highest BCUT2D eigenvalue weighted by atomic mass is 16.5. The maximum Gasteiger partial charge on any atom is 0.296 e. The topological polar surface area (TPSA) is 92.6 Å². The number of likely N-dealkylation sites (tertiary alicyclic amines) is 1. The van der Waals surface area contributed by atoms with Crippen LogP contribution in [0.2, 0.25) is 0 Å². The number of methoxy groups -OCH3 is 1. The van der Waals surface area contributed by atoms with Gasteiger partial charge in [0.05, 0.1) is 31.0 Å². The second-order valence-electron chi connectivity index (χ2n) is 6.76. The molecule has 0 saturated carbocycles. The van der Waals surface area contributed by atoms with Gasteiger partial charge in [-0.15, -0.1) is 0 Å². The number of amides is 1. The van der Waals surface area contributed by atoms with E-state index >= 15 is 0 Å². The van der Waals surface area contributed by atoms with Crippen LogP contribution in [0.25, 0.3) is 5.76 Å². The quantitative estimate of drug-likeness (QED) is 0.401. The fourth-order valence-corrected chi connectivity index (χ4v) is 3.53. The van der Waals surface area contributed by atoms with Gasteiger partial charge in [-0.05, 0) is 42.0 Å². The minimum atomic E-state index is -0.763. The van der Waals surface area contributed by atoms with Crippen molar-refractivity contribution in [1.82, 2.24) is 14.9 Å². The van der Waals surface area contributed by atoms with E-state index in [9.17, 15) is 14.7 Å². The molecule has 1 unspecified atom stereocenters. The number of benzene rings is 1. The Kier molecular flexibility index (Phi) is 5.26. The van der Waals surface area contributed by atoms with Crippen LogP contribution in [0.4, 0.5) is 0 Å². The van der Waals surface area contributed by atoms with Crippen LogP contribution < -0.4 is 4.74 Å². The zero-order valence-corrected chi connectivity index (χ0v) is 16.2. The van der Waals surface area contributed by atoms with Crippen molar-refractivity contribution >= 4 is 17.4 Å². The van der Waals surface area contributed by atoms with Gasteiger partial charge in [0.25, 0.3) is 11.7 Å². The molecule has 0 radical (unpaired) electrons. The van der Waals surface area contributed by atoms with Gasteiger partial charge < -0.3 is 14.7 Å². The molecule has 4 rings (SSSR count). The van der Waals surface area contributed by atoms with E-state index in [-0.39, 0.29) is 17.9 Å². The summed E-state index contributed by atoms with van der Waals surface area (Å²) < 4.78 is 5.21. The molecule has 1 amide bonds. The molecule has 7 nitrogen and oxygen atoms in total. The van der Waals surface area contributed by atoms with Gasteiger partial charge in [0.2, 0.25) is 0 Å². The first-order valence-corrected chi connectivity index (χ1v) is 9.33. The molecule has 2 aromatic heterocycles. The fraction of sp³-hybridized carbons (Fsp3) is 0.130. The van der Waals surface area contributed by atoms with E-state index in [1.807, 2.05) is 6.07 Å². The van der Waals surface area contributed by atoms with E-state index in [0.29, 0.717) is 22.6 Å². The lowest BCUT2D eigenvalue weighted by Gasteiger charge is -2.25. The van der Waals surface area contributed by atoms with Crippen molar-refractivity contribution in [3.63, 3.8) is 0 Å². The van der Waals surface area contributed by atoms with Crippen LogP contribution in [0.15, 0.2) is 78.8 Å². The number of nitrogens with zero attached hydrogens (tertiary/aromatic N) is 3. The number of aromatic nitrogens is 2. The van der Waals surface area contributed by atoms with E-state index in [1.54, 1.807) is 67.1 Å². The molecule has 0 bridgehead atoms. The SMILES string of the molecule is COc1cccc(/C(O)=C2/C(=O)C(=O)N(Cc3ccccn3)C2c2ccncc2)c1. The highest BCUT2D eigenvalue weighted by molar-refractivity contribution is 6.46. The molecule has 1 aromatic carbocycles. The van der Waals surface area contributed by atoms with Crippen LogP contribution in [-0.2, 0) is 16.1 Å². The molecule has 1 saturated heterocycles. The molecule has 1 aliphatic rings. The Bertz CT molecular complexity index is 1110. The maximum absolute atomic E-state index is 13.0. The number of rotatable bonds is 5. The molecule has 1 fully saturated rings. The fourth-order valence-electron chi connectivity index (χ4n) is 3.53. The standard InChI is InChI=1S/C23H19N3O4/c1-30-18-7-4-5-16(13-18)21(27)19-20(15-8-11-24-12-9-15)26(23(29)22(19)28)14-17-6-2-3-10-25-17/h2-13,20,27H,14H2,1H3/b21-19-. The highest BCUT2D eigenvalue weighted by Crippen LogP contribution is 2.40. The zero-order chi connectivity index (χ0) is 21.1. The predicted molar refractivity (Wildman–Crippen MR) is 109 cm³/mol. The molecule has 150 valence electrons. The van der Waals surface area contributed by atoms with Gasteiger partial charge in [0.15, 0.2) is 0 Å². The lowest BCUT2D eigenvalue weighted by Crippen LogP contribution is -2.29. The van der Waals surface area contributed by atoms with Gasteiger partial charge in [-0.3, -0.25) is 19.6 Å². The van der Waals surface area contributed by atoms with Gasteiger partial charge in [-0.25, -0.2) is 0 Å². The Hall–Kier alpha value is -4.00. The number of carbonyl (C=O) groups is 2. The van der Waals surface area contributed by atoms with Crippen molar-refractivity contribution < 1.29 is 19.4 Å². The van der Waals surface area contributed by atoms with Crippen molar-refractivity contribution in [3.8, 4) is 5.75 Å². The number of hydrogen-bond acceptors (Lipinski definition) is 6. The second kappa shape index (κ2) is 8.16. The molecule has 30 heavy (non-hydrogen) atoms. The summed E-state index contributed by atoms with van der Waals surface area (Å²) in [4.78, 5) is 35.6. The third-order valence-corrected chi connectivity index (χ3v) is 4.96. The monoisotopic (exact) mass is 401 g/mol. The Morgan fingerprint density at radius 2 is 1.87 bits per heavy atom. The van der Waals surface area contributed by atoms with Gasteiger partial charge in [-0.1, -0.05) is 18.2 Å². The summed E-state index contributed by atoms with van der Waals surface area (Å²) in [7, 11) is 1.52. The van der Waals surface area contributed by atoms with Crippen LogP contribution >= 0.6 is 0 Å². The van der Waals surface area contributed by atoms with Crippen molar-refractivity contribution in [1.29, 1.82) is 0 Å². The molecule has 3 heterocycles. The third-order valence-electron chi connectivity index (χ3n) is 4.96. The molecule has 1 aliphatic heterocycles. The number of hydrogen-bond donors (Lipinski definition) is 1.